The van der Waals surface area contributed by atoms with Crippen LogP contribution in [0.25, 0.3) is 60.9 Å². The van der Waals surface area contributed by atoms with Gasteiger partial charge in [0.25, 0.3) is 0 Å². The van der Waals surface area contributed by atoms with Crippen LogP contribution in [0.3, 0.4) is 0 Å². The fourth-order valence-electron chi connectivity index (χ4n) is 6.15. The first-order valence-electron chi connectivity index (χ1n) is 13.8. The molecular formula is C36H24N6Pt-2. The first-order valence-corrected chi connectivity index (χ1v) is 13.8. The molecule has 0 saturated heterocycles. The van der Waals surface area contributed by atoms with Crippen LogP contribution in [0, 0.1) is 43.6 Å². The molecule has 0 amide bonds. The van der Waals surface area contributed by atoms with Gasteiger partial charge in [-0.05, 0) is 26.0 Å². The zero-order valence-electron chi connectivity index (χ0n) is 23.7. The van der Waals surface area contributed by atoms with Crippen LogP contribution >= 0.6 is 0 Å². The van der Waals surface area contributed by atoms with E-state index in [-0.39, 0.29) is 21.1 Å². The van der Waals surface area contributed by atoms with Crippen molar-refractivity contribution in [1.82, 2.24) is 18.7 Å². The van der Waals surface area contributed by atoms with Crippen molar-refractivity contribution < 1.29 is 25.6 Å². The minimum atomic E-state index is 0. The van der Waals surface area contributed by atoms with Gasteiger partial charge in [0.2, 0.25) is 6.33 Å². The van der Waals surface area contributed by atoms with Crippen LogP contribution in [-0.2, 0) is 28.1 Å². The van der Waals surface area contributed by atoms with E-state index in [1.807, 2.05) is 82.9 Å². The second-order valence-electron chi connectivity index (χ2n) is 10.5. The Kier molecular flexibility index (Phi) is 6.30. The monoisotopic (exact) mass is 735 g/mol. The summed E-state index contributed by atoms with van der Waals surface area (Å²) in [5, 5.41) is 14.4. The zero-order chi connectivity index (χ0) is 28.5. The standard InChI is InChI=1S/C36H24N6.Pt/c1-23-24(2)40(22-39(23)3)26-14-11-15-27(20-26)42-32-19-10-8-17-29(32)34-30(21-37)33-28-16-7-9-18-31(28)41(35(33)38-36(34)42)25-12-5-4-6-13-25;/h4-12,14-19H,1-3H3;/q-2;. The third kappa shape index (κ3) is 3.82. The van der Waals surface area contributed by atoms with E-state index in [2.05, 4.69) is 71.8 Å². The zero-order valence-corrected chi connectivity index (χ0v) is 25.9. The molecule has 0 radical (unpaired) electrons. The molecule has 0 spiro atoms. The molecule has 6 nitrogen and oxygen atoms in total. The third-order valence-corrected chi connectivity index (χ3v) is 8.31. The fraction of sp³-hybridized carbons (Fsp3) is 0.0833. The van der Waals surface area contributed by atoms with Crippen LogP contribution in [0.2, 0.25) is 0 Å². The van der Waals surface area contributed by atoms with Crippen molar-refractivity contribution >= 4 is 43.9 Å². The molecular weight excluding hydrogens is 712 g/mol. The van der Waals surface area contributed by atoms with Crippen molar-refractivity contribution in [1.29, 1.82) is 5.26 Å². The number of nitriles is 1. The van der Waals surface area contributed by atoms with E-state index in [0.29, 0.717) is 11.2 Å². The normalized spacial score (nSPS) is 11.4. The van der Waals surface area contributed by atoms with E-state index in [1.54, 1.807) is 0 Å². The molecule has 4 heterocycles. The van der Waals surface area contributed by atoms with Crippen LogP contribution < -0.4 is 4.57 Å². The van der Waals surface area contributed by atoms with Gasteiger partial charge in [0.05, 0.1) is 23.6 Å². The van der Waals surface area contributed by atoms with Gasteiger partial charge in [-0.1, -0.05) is 53.5 Å². The molecule has 0 aliphatic heterocycles. The van der Waals surface area contributed by atoms with Crippen LogP contribution in [0.15, 0.2) is 91.0 Å². The molecule has 4 aromatic heterocycles. The molecule has 8 rings (SSSR count). The van der Waals surface area contributed by atoms with Crippen LogP contribution in [-0.4, -0.2) is 18.7 Å². The van der Waals surface area contributed by atoms with Crippen molar-refractivity contribution in [3.05, 3.63) is 126 Å². The largest absolute Gasteiger partial charge is 0.345 e. The predicted molar refractivity (Wildman–Crippen MR) is 164 cm³/mol. The predicted octanol–water partition coefficient (Wildman–Crippen LogP) is 6.78. The maximum Gasteiger partial charge on any atom is 0.241 e. The molecule has 4 aromatic carbocycles. The minimum Gasteiger partial charge on any atom is -0.345 e. The van der Waals surface area contributed by atoms with Crippen LogP contribution in [0.1, 0.15) is 17.0 Å². The number of aromatic nitrogens is 5. The number of imidazole rings is 1. The maximum atomic E-state index is 10.7. The summed E-state index contributed by atoms with van der Waals surface area (Å²) in [5.41, 5.74) is 8.83. The summed E-state index contributed by atoms with van der Waals surface area (Å²) in [6.45, 7) is 4.17. The van der Waals surface area contributed by atoms with Gasteiger partial charge < -0.3 is 18.3 Å². The van der Waals surface area contributed by atoms with Crippen molar-refractivity contribution in [2.75, 3.05) is 0 Å². The number of hydrogen-bond acceptors (Lipinski definition) is 2. The molecule has 0 fully saturated rings. The average Bonchev–Trinajstić information content (AvgIpc) is 3.63. The van der Waals surface area contributed by atoms with E-state index >= 15 is 0 Å². The smallest absolute Gasteiger partial charge is 0.241 e. The van der Waals surface area contributed by atoms with Gasteiger partial charge in [-0.25, -0.2) is 4.98 Å². The molecule has 0 unspecified atom stereocenters. The van der Waals surface area contributed by atoms with Gasteiger partial charge in [-0.15, -0.1) is 12.1 Å². The molecule has 0 aliphatic rings. The van der Waals surface area contributed by atoms with Crippen LogP contribution in [0.4, 0.5) is 0 Å². The van der Waals surface area contributed by atoms with Crippen molar-refractivity contribution in [3.8, 4) is 23.1 Å². The van der Waals surface area contributed by atoms with Gasteiger partial charge in [0, 0.05) is 54.0 Å². The van der Waals surface area contributed by atoms with E-state index < -0.39 is 0 Å². The quantitative estimate of drug-likeness (QED) is 0.149. The Balaban J connectivity index is 0.00000300. The number of benzene rings is 4. The Labute approximate surface area is 262 Å². The molecule has 0 atom stereocenters. The van der Waals surface area contributed by atoms with Crippen molar-refractivity contribution in [2.45, 2.75) is 13.8 Å². The second kappa shape index (κ2) is 10.1. The molecule has 0 saturated carbocycles. The van der Waals surface area contributed by atoms with Gasteiger partial charge in [0.15, 0.2) is 0 Å². The van der Waals surface area contributed by atoms with Crippen LogP contribution in [0.5, 0.6) is 0 Å². The molecule has 0 bridgehead atoms. The number of pyridine rings is 1. The fourth-order valence-corrected chi connectivity index (χ4v) is 6.15. The molecule has 43 heavy (non-hydrogen) atoms. The summed E-state index contributed by atoms with van der Waals surface area (Å²) in [7, 11) is 2.00. The Morgan fingerprint density at radius 1 is 0.744 bits per heavy atom. The Morgan fingerprint density at radius 3 is 1.91 bits per heavy atom. The van der Waals surface area contributed by atoms with E-state index in [4.69, 9.17) is 4.98 Å². The summed E-state index contributed by atoms with van der Waals surface area (Å²) < 4.78 is 8.25. The van der Waals surface area contributed by atoms with Gasteiger partial charge in [0.1, 0.15) is 17.4 Å². The Bertz CT molecular complexity index is 2400. The minimum absolute atomic E-state index is 0. The van der Waals surface area contributed by atoms with Crippen molar-refractivity contribution in [2.24, 2.45) is 7.05 Å². The number of aryl methyl sites for hydroxylation is 1. The van der Waals surface area contributed by atoms with Gasteiger partial charge in [-0.2, -0.15) is 47.7 Å². The van der Waals surface area contributed by atoms with Gasteiger partial charge >= 0.3 is 0 Å². The first kappa shape index (κ1) is 26.9. The molecule has 0 N–H and O–H groups in total. The summed E-state index contributed by atoms with van der Waals surface area (Å²) in [6, 6.07) is 39.9. The first-order chi connectivity index (χ1) is 20.6. The molecule has 0 aliphatic carbocycles. The maximum absolute atomic E-state index is 10.7. The average molecular weight is 736 g/mol. The van der Waals surface area contributed by atoms with Crippen molar-refractivity contribution in [3.63, 3.8) is 0 Å². The molecule has 7 heteroatoms. The second-order valence-corrected chi connectivity index (χ2v) is 10.5. The van der Waals surface area contributed by atoms with E-state index in [1.165, 1.54) is 0 Å². The summed E-state index contributed by atoms with van der Waals surface area (Å²) in [4.78, 5) is 5.37. The number of fused-ring (bicyclic) bond motifs is 6. The third-order valence-electron chi connectivity index (χ3n) is 8.31. The number of rotatable bonds is 3. The van der Waals surface area contributed by atoms with E-state index in [0.717, 1.165) is 66.7 Å². The summed E-state index contributed by atoms with van der Waals surface area (Å²) in [6.07, 6.45) is 3.39. The summed E-state index contributed by atoms with van der Waals surface area (Å²) in [5.74, 6) is 0. The molecule has 8 aromatic rings. The van der Waals surface area contributed by atoms with E-state index in [9.17, 15) is 5.26 Å². The Hall–Kier alpha value is -4.98. The Morgan fingerprint density at radius 2 is 1.33 bits per heavy atom. The van der Waals surface area contributed by atoms with Gasteiger partial charge in [-0.3, -0.25) is 0 Å². The number of para-hydroxylation sites is 3. The summed E-state index contributed by atoms with van der Waals surface area (Å²) >= 11 is 0. The number of hydrogen-bond donors (Lipinski definition) is 0. The SMILES string of the molecule is Cc1c(C)[n+](C)[c-]n1-c1[c-]c(-n2c3ccccc3c3c(C#N)c4c5ccccc5n(-c5[c-]cccc5)c4nc32)ccc1.[Pt]. The number of nitrogens with zero attached hydrogens (tertiary/aromatic N) is 6. The topological polar surface area (TPSA) is 55.4 Å². The molecule has 210 valence electrons.